The third-order valence-corrected chi connectivity index (χ3v) is 4.93. The standard InChI is InChI=1S/C15H24N4OS/c1-11-8-12(2)19(10-11)14-13(9-16-4-6-20-3)18-5-7-21-15(18)17-14/h5,7,11-12,16H,4,6,8-10H2,1-3H3. The summed E-state index contributed by atoms with van der Waals surface area (Å²) in [6, 6.07) is 0.572. The summed E-state index contributed by atoms with van der Waals surface area (Å²) in [5, 5.41) is 5.55. The molecule has 2 atom stereocenters. The molecule has 2 unspecified atom stereocenters. The fourth-order valence-electron chi connectivity index (χ4n) is 3.19. The number of methoxy groups -OCH3 is 1. The van der Waals surface area contributed by atoms with Crippen LogP contribution in [0.5, 0.6) is 0 Å². The number of rotatable bonds is 6. The molecule has 2 aromatic heterocycles. The van der Waals surface area contributed by atoms with Gasteiger partial charge < -0.3 is 15.0 Å². The van der Waals surface area contributed by atoms with Crippen LogP contribution in [0.25, 0.3) is 4.96 Å². The Labute approximate surface area is 129 Å². The molecule has 0 aliphatic carbocycles. The number of fused-ring (bicyclic) bond motifs is 1. The second-order valence-corrected chi connectivity index (χ2v) is 6.82. The predicted molar refractivity (Wildman–Crippen MR) is 87.2 cm³/mol. The first-order valence-corrected chi connectivity index (χ1v) is 8.49. The van der Waals surface area contributed by atoms with Crippen molar-refractivity contribution in [3.63, 3.8) is 0 Å². The maximum atomic E-state index is 5.10. The van der Waals surface area contributed by atoms with Gasteiger partial charge in [0.2, 0.25) is 0 Å². The van der Waals surface area contributed by atoms with Gasteiger partial charge in [0.05, 0.1) is 12.3 Å². The molecule has 1 aliphatic heterocycles. The highest BCUT2D eigenvalue weighted by Gasteiger charge is 2.30. The molecule has 5 nitrogen and oxygen atoms in total. The lowest BCUT2D eigenvalue weighted by atomic mass is 10.1. The Hall–Kier alpha value is -1.11. The Kier molecular flexibility index (Phi) is 4.47. The summed E-state index contributed by atoms with van der Waals surface area (Å²) < 4.78 is 7.32. The van der Waals surface area contributed by atoms with Crippen LogP contribution in [0.4, 0.5) is 5.82 Å². The van der Waals surface area contributed by atoms with Crippen molar-refractivity contribution in [3.05, 3.63) is 17.3 Å². The van der Waals surface area contributed by atoms with E-state index in [9.17, 15) is 0 Å². The van der Waals surface area contributed by atoms with Crippen LogP contribution in [0.15, 0.2) is 11.6 Å². The smallest absolute Gasteiger partial charge is 0.195 e. The zero-order valence-electron chi connectivity index (χ0n) is 13.0. The molecule has 1 fully saturated rings. The van der Waals surface area contributed by atoms with Crippen LogP contribution >= 0.6 is 11.3 Å². The van der Waals surface area contributed by atoms with Gasteiger partial charge in [0.25, 0.3) is 0 Å². The summed E-state index contributed by atoms with van der Waals surface area (Å²) in [5.74, 6) is 1.90. The Morgan fingerprint density at radius 3 is 3.05 bits per heavy atom. The molecule has 0 amide bonds. The SMILES string of the molecule is COCCNCc1c(N2CC(C)CC2C)nc2sccn12. The second kappa shape index (κ2) is 6.34. The Morgan fingerprint density at radius 2 is 2.33 bits per heavy atom. The van der Waals surface area contributed by atoms with Crippen molar-refractivity contribution in [3.8, 4) is 0 Å². The Morgan fingerprint density at radius 1 is 1.48 bits per heavy atom. The lowest BCUT2D eigenvalue weighted by molar-refractivity contribution is 0.199. The topological polar surface area (TPSA) is 41.8 Å². The normalized spacial score (nSPS) is 22.5. The van der Waals surface area contributed by atoms with E-state index in [4.69, 9.17) is 9.72 Å². The summed E-state index contributed by atoms with van der Waals surface area (Å²) in [5.41, 5.74) is 1.27. The number of ether oxygens (including phenoxy) is 1. The summed E-state index contributed by atoms with van der Waals surface area (Å²) in [7, 11) is 1.73. The van der Waals surface area contributed by atoms with Crippen LogP contribution in [-0.4, -0.2) is 42.2 Å². The van der Waals surface area contributed by atoms with E-state index in [1.54, 1.807) is 18.4 Å². The van der Waals surface area contributed by atoms with E-state index in [2.05, 4.69) is 40.0 Å². The van der Waals surface area contributed by atoms with Crippen LogP contribution in [0.2, 0.25) is 0 Å². The maximum absolute atomic E-state index is 5.10. The van der Waals surface area contributed by atoms with E-state index in [1.165, 1.54) is 12.1 Å². The first kappa shape index (κ1) is 14.8. The number of aromatic nitrogens is 2. The van der Waals surface area contributed by atoms with E-state index in [-0.39, 0.29) is 0 Å². The summed E-state index contributed by atoms with van der Waals surface area (Å²) >= 11 is 1.70. The predicted octanol–water partition coefficient (Wildman–Crippen LogP) is 2.37. The van der Waals surface area contributed by atoms with Crippen molar-refractivity contribution in [2.75, 3.05) is 31.7 Å². The first-order chi connectivity index (χ1) is 10.2. The first-order valence-electron chi connectivity index (χ1n) is 7.61. The number of nitrogens with zero attached hydrogens (tertiary/aromatic N) is 3. The molecule has 1 aliphatic rings. The van der Waals surface area contributed by atoms with Crippen molar-refractivity contribution in [1.82, 2.24) is 14.7 Å². The fourth-order valence-corrected chi connectivity index (χ4v) is 3.92. The molecule has 0 radical (unpaired) electrons. The molecule has 21 heavy (non-hydrogen) atoms. The molecule has 6 heteroatoms. The monoisotopic (exact) mass is 308 g/mol. The minimum atomic E-state index is 0.572. The fraction of sp³-hybridized carbons (Fsp3) is 0.667. The van der Waals surface area contributed by atoms with Gasteiger partial charge in [0.1, 0.15) is 0 Å². The molecule has 0 bridgehead atoms. The van der Waals surface area contributed by atoms with E-state index in [0.29, 0.717) is 6.04 Å². The van der Waals surface area contributed by atoms with Crippen LogP contribution in [0.3, 0.4) is 0 Å². The van der Waals surface area contributed by atoms with Gasteiger partial charge in [-0.3, -0.25) is 4.40 Å². The molecule has 1 saturated heterocycles. The van der Waals surface area contributed by atoms with Crippen molar-refractivity contribution >= 4 is 22.1 Å². The van der Waals surface area contributed by atoms with E-state index < -0.39 is 0 Å². The van der Waals surface area contributed by atoms with Gasteiger partial charge in [0, 0.05) is 44.4 Å². The molecule has 3 heterocycles. The highest BCUT2D eigenvalue weighted by atomic mass is 32.1. The summed E-state index contributed by atoms with van der Waals surface area (Å²) in [6.45, 7) is 8.16. The molecule has 0 spiro atoms. The van der Waals surface area contributed by atoms with Gasteiger partial charge >= 0.3 is 0 Å². The average molecular weight is 308 g/mol. The molecule has 0 aromatic carbocycles. The second-order valence-electron chi connectivity index (χ2n) is 5.95. The lowest BCUT2D eigenvalue weighted by Gasteiger charge is -2.22. The zero-order chi connectivity index (χ0) is 14.8. The summed E-state index contributed by atoms with van der Waals surface area (Å²) in [6.07, 6.45) is 3.37. The van der Waals surface area contributed by atoms with Crippen molar-refractivity contribution in [2.24, 2.45) is 5.92 Å². The number of thiazole rings is 1. The number of imidazole rings is 1. The number of hydrogen-bond donors (Lipinski definition) is 1. The van der Waals surface area contributed by atoms with E-state index in [1.807, 2.05) is 0 Å². The molecule has 2 aromatic rings. The maximum Gasteiger partial charge on any atom is 0.195 e. The number of nitrogens with one attached hydrogen (secondary N) is 1. The molecule has 3 rings (SSSR count). The number of hydrogen-bond acceptors (Lipinski definition) is 5. The lowest BCUT2D eigenvalue weighted by Crippen LogP contribution is -2.29. The zero-order valence-corrected chi connectivity index (χ0v) is 13.8. The molecule has 116 valence electrons. The van der Waals surface area contributed by atoms with Crippen LogP contribution in [-0.2, 0) is 11.3 Å². The molecule has 1 N–H and O–H groups in total. The van der Waals surface area contributed by atoms with Crippen molar-refractivity contribution < 1.29 is 4.74 Å². The van der Waals surface area contributed by atoms with Crippen LogP contribution in [0, 0.1) is 5.92 Å². The largest absolute Gasteiger partial charge is 0.383 e. The van der Waals surface area contributed by atoms with Gasteiger partial charge in [-0.15, -0.1) is 11.3 Å². The quantitative estimate of drug-likeness (QED) is 0.832. The van der Waals surface area contributed by atoms with Gasteiger partial charge in [-0.05, 0) is 19.3 Å². The van der Waals surface area contributed by atoms with Crippen LogP contribution in [0.1, 0.15) is 26.0 Å². The van der Waals surface area contributed by atoms with E-state index in [0.717, 1.165) is 42.9 Å². The molecular weight excluding hydrogens is 284 g/mol. The Bertz CT molecular complexity index is 594. The van der Waals surface area contributed by atoms with Gasteiger partial charge in [-0.1, -0.05) is 6.92 Å². The van der Waals surface area contributed by atoms with Gasteiger partial charge in [0.15, 0.2) is 10.8 Å². The summed E-state index contributed by atoms with van der Waals surface area (Å²) in [4.78, 5) is 8.43. The van der Waals surface area contributed by atoms with E-state index >= 15 is 0 Å². The van der Waals surface area contributed by atoms with Crippen LogP contribution < -0.4 is 10.2 Å². The highest BCUT2D eigenvalue weighted by molar-refractivity contribution is 7.15. The average Bonchev–Trinajstić information content (AvgIpc) is 3.10. The molecular formula is C15H24N4OS. The third kappa shape index (κ3) is 2.93. The van der Waals surface area contributed by atoms with Crippen molar-refractivity contribution in [1.29, 1.82) is 0 Å². The minimum Gasteiger partial charge on any atom is -0.383 e. The molecule has 0 saturated carbocycles. The highest BCUT2D eigenvalue weighted by Crippen LogP contribution is 2.32. The Balaban J connectivity index is 1.85. The van der Waals surface area contributed by atoms with Gasteiger partial charge in [-0.25, -0.2) is 4.98 Å². The third-order valence-electron chi connectivity index (χ3n) is 4.17. The minimum absolute atomic E-state index is 0.572. The number of anilines is 1. The van der Waals surface area contributed by atoms with Crippen molar-refractivity contribution in [2.45, 2.75) is 32.9 Å². The van der Waals surface area contributed by atoms with Gasteiger partial charge in [-0.2, -0.15) is 0 Å².